The van der Waals surface area contributed by atoms with Gasteiger partial charge < -0.3 is 0 Å². The highest BCUT2D eigenvalue weighted by molar-refractivity contribution is 7.71. The van der Waals surface area contributed by atoms with Gasteiger partial charge in [0.15, 0.2) is 10.6 Å². The number of aromatic amines is 1. The molecule has 0 saturated heterocycles. The molecule has 0 saturated carbocycles. The van der Waals surface area contributed by atoms with Crippen molar-refractivity contribution in [2.45, 2.75) is 18.9 Å². The zero-order valence-electron chi connectivity index (χ0n) is 13.5. The van der Waals surface area contributed by atoms with Crippen LogP contribution in [0.2, 0.25) is 0 Å². The summed E-state index contributed by atoms with van der Waals surface area (Å²) < 4.78 is 2.77. The number of benzene rings is 2. The molecule has 1 unspecified atom stereocenters. The minimum absolute atomic E-state index is 0.214. The summed E-state index contributed by atoms with van der Waals surface area (Å²) in [6.45, 7) is 0. The molecule has 1 atom stereocenters. The second-order valence-corrected chi connectivity index (χ2v) is 6.75. The smallest absolute Gasteiger partial charge is 0.196 e. The van der Waals surface area contributed by atoms with Gasteiger partial charge in [-0.2, -0.15) is 5.10 Å². The van der Waals surface area contributed by atoms with Crippen molar-refractivity contribution >= 4 is 23.1 Å². The van der Waals surface area contributed by atoms with Gasteiger partial charge in [-0.05, 0) is 48.3 Å². The molecule has 5 rings (SSSR count). The van der Waals surface area contributed by atoms with E-state index in [0.29, 0.717) is 4.77 Å². The number of aryl methyl sites for hydroxylation is 1. The molecular formula is C20H16N4S. The average molecular weight is 344 g/mol. The first-order chi connectivity index (χ1) is 12.3. The summed E-state index contributed by atoms with van der Waals surface area (Å²) in [6, 6.07) is 21.0. The van der Waals surface area contributed by atoms with Gasteiger partial charge in [-0.25, -0.2) is 4.98 Å². The van der Waals surface area contributed by atoms with Gasteiger partial charge in [-0.1, -0.05) is 48.5 Å². The van der Waals surface area contributed by atoms with Crippen molar-refractivity contribution in [3.8, 4) is 11.5 Å². The van der Waals surface area contributed by atoms with Crippen LogP contribution in [-0.2, 0) is 6.42 Å². The van der Waals surface area contributed by atoms with Gasteiger partial charge >= 0.3 is 0 Å². The van der Waals surface area contributed by atoms with Gasteiger partial charge in [0.1, 0.15) is 5.69 Å². The molecule has 2 aromatic carbocycles. The van der Waals surface area contributed by atoms with Crippen LogP contribution in [0.25, 0.3) is 22.4 Å². The largest absolute Gasteiger partial charge is 0.291 e. The fourth-order valence-electron chi connectivity index (χ4n) is 3.77. The van der Waals surface area contributed by atoms with E-state index in [1.165, 1.54) is 11.1 Å². The summed E-state index contributed by atoms with van der Waals surface area (Å²) in [6.07, 6.45) is 2.10. The maximum absolute atomic E-state index is 5.55. The first-order valence-electron chi connectivity index (χ1n) is 8.42. The molecule has 0 bridgehead atoms. The molecule has 0 fully saturated rings. The number of hydrogen-bond acceptors (Lipinski definition) is 3. The standard InChI is InChI=1S/C20H16N4S/c25-20-23-22-19(17-11-9-14-6-2-4-8-16(14)21-17)24(20)18-12-10-13-5-1-3-7-15(13)18/h1-9,11,18H,10,12H2,(H,23,25). The number of rotatable bonds is 2. The van der Waals surface area contributed by atoms with Crippen molar-refractivity contribution in [3.05, 3.63) is 76.6 Å². The highest BCUT2D eigenvalue weighted by Crippen LogP contribution is 2.36. The number of aromatic nitrogens is 4. The molecule has 25 heavy (non-hydrogen) atoms. The van der Waals surface area contributed by atoms with Gasteiger partial charge in [0.05, 0.1) is 11.6 Å². The van der Waals surface area contributed by atoms with Gasteiger partial charge in [0, 0.05) is 5.39 Å². The number of hydrogen-bond donors (Lipinski definition) is 1. The molecule has 0 radical (unpaired) electrons. The highest BCUT2D eigenvalue weighted by Gasteiger charge is 2.27. The summed E-state index contributed by atoms with van der Waals surface area (Å²) >= 11 is 5.55. The Morgan fingerprint density at radius 2 is 1.84 bits per heavy atom. The van der Waals surface area contributed by atoms with Crippen LogP contribution >= 0.6 is 12.2 Å². The molecule has 2 heterocycles. The monoisotopic (exact) mass is 344 g/mol. The molecule has 1 N–H and O–H groups in total. The Labute approximate surface area is 150 Å². The third-order valence-corrected chi connectivity index (χ3v) is 5.23. The Morgan fingerprint density at radius 3 is 2.80 bits per heavy atom. The molecule has 0 aliphatic heterocycles. The number of para-hydroxylation sites is 1. The second kappa shape index (κ2) is 5.63. The lowest BCUT2D eigenvalue weighted by molar-refractivity contribution is 0.576. The van der Waals surface area contributed by atoms with E-state index in [9.17, 15) is 0 Å². The number of pyridine rings is 1. The number of fused-ring (bicyclic) bond motifs is 2. The van der Waals surface area contributed by atoms with E-state index in [0.717, 1.165) is 35.3 Å². The van der Waals surface area contributed by atoms with Crippen LogP contribution in [0.15, 0.2) is 60.7 Å². The molecule has 1 aliphatic rings. The van der Waals surface area contributed by atoms with Crippen molar-refractivity contribution < 1.29 is 0 Å². The van der Waals surface area contributed by atoms with Crippen LogP contribution in [0.5, 0.6) is 0 Å². The molecule has 122 valence electrons. The van der Waals surface area contributed by atoms with Gasteiger partial charge in [0.25, 0.3) is 0 Å². The maximum Gasteiger partial charge on any atom is 0.196 e. The Kier molecular flexibility index (Phi) is 3.28. The van der Waals surface area contributed by atoms with Crippen molar-refractivity contribution in [2.75, 3.05) is 0 Å². The summed E-state index contributed by atoms with van der Waals surface area (Å²) in [5.41, 5.74) is 4.54. The minimum atomic E-state index is 0.214. The SMILES string of the molecule is S=c1[nH]nc(-c2ccc3ccccc3n2)n1C1CCc2ccccc21. The Balaban J connectivity index is 1.68. The van der Waals surface area contributed by atoms with E-state index in [1.54, 1.807) is 0 Å². The summed E-state index contributed by atoms with van der Waals surface area (Å²) in [4.78, 5) is 4.80. The fourth-order valence-corrected chi connectivity index (χ4v) is 4.03. The average Bonchev–Trinajstić information content (AvgIpc) is 3.24. The normalized spacial score (nSPS) is 16.2. The third kappa shape index (κ3) is 2.31. The molecule has 0 amide bonds. The number of nitrogens with zero attached hydrogens (tertiary/aromatic N) is 3. The highest BCUT2D eigenvalue weighted by atomic mass is 32.1. The van der Waals surface area contributed by atoms with E-state index in [4.69, 9.17) is 17.2 Å². The third-order valence-electron chi connectivity index (χ3n) is 4.94. The molecule has 2 aromatic heterocycles. The van der Waals surface area contributed by atoms with Gasteiger partial charge in [-0.15, -0.1) is 0 Å². The molecule has 4 aromatic rings. The first-order valence-corrected chi connectivity index (χ1v) is 8.83. The van der Waals surface area contributed by atoms with E-state index in [1.807, 2.05) is 24.3 Å². The maximum atomic E-state index is 5.55. The van der Waals surface area contributed by atoms with Crippen LogP contribution in [0, 0.1) is 4.77 Å². The Morgan fingerprint density at radius 1 is 1.00 bits per heavy atom. The van der Waals surface area contributed by atoms with Crippen LogP contribution in [0.1, 0.15) is 23.6 Å². The second-order valence-electron chi connectivity index (χ2n) is 6.36. The predicted octanol–water partition coefficient (Wildman–Crippen LogP) is 4.69. The summed E-state index contributed by atoms with van der Waals surface area (Å²) in [5.74, 6) is 0.803. The lowest BCUT2D eigenvalue weighted by Gasteiger charge is -2.16. The van der Waals surface area contributed by atoms with Crippen LogP contribution in [0.3, 0.4) is 0 Å². The van der Waals surface area contributed by atoms with Crippen LogP contribution in [0.4, 0.5) is 0 Å². The zero-order chi connectivity index (χ0) is 16.8. The molecule has 1 aliphatic carbocycles. The van der Waals surface area contributed by atoms with E-state index >= 15 is 0 Å². The molecule has 4 nitrogen and oxygen atoms in total. The van der Waals surface area contributed by atoms with E-state index in [2.05, 4.69) is 51.2 Å². The quantitative estimate of drug-likeness (QED) is 0.537. The van der Waals surface area contributed by atoms with Gasteiger partial charge in [-0.3, -0.25) is 9.67 Å². The van der Waals surface area contributed by atoms with Crippen molar-refractivity contribution in [3.63, 3.8) is 0 Å². The number of nitrogens with one attached hydrogen (secondary N) is 1. The lowest BCUT2D eigenvalue weighted by Crippen LogP contribution is -2.10. The van der Waals surface area contributed by atoms with Gasteiger partial charge in [0.2, 0.25) is 0 Å². The van der Waals surface area contributed by atoms with Crippen molar-refractivity contribution in [1.29, 1.82) is 0 Å². The zero-order valence-corrected chi connectivity index (χ0v) is 14.3. The Hall–Kier alpha value is -2.79. The number of H-pyrrole nitrogens is 1. The summed E-state index contributed by atoms with van der Waals surface area (Å²) in [5, 5.41) is 8.58. The fraction of sp³-hybridized carbons (Fsp3) is 0.150. The molecule has 0 spiro atoms. The van der Waals surface area contributed by atoms with Crippen molar-refractivity contribution in [2.24, 2.45) is 0 Å². The predicted molar refractivity (Wildman–Crippen MR) is 101 cm³/mol. The molecular weight excluding hydrogens is 328 g/mol. The lowest BCUT2D eigenvalue weighted by atomic mass is 10.1. The molecule has 5 heteroatoms. The van der Waals surface area contributed by atoms with Crippen molar-refractivity contribution in [1.82, 2.24) is 19.7 Å². The Bertz CT molecular complexity index is 1140. The minimum Gasteiger partial charge on any atom is -0.291 e. The van der Waals surface area contributed by atoms with E-state index in [-0.39, 0.29) is 6.04 Å². The van der Waals surface area contributed by atoms with E-state index < -0.39 is 0 Å². The topological polar surface area (TPSA) is 46.5 Å². The first kappa shape index (κ1) is 14.5. The van der Waals surface area contributed by atoms with Crippen LogP contribution < -0.4 is 0 Å². The summed E-state index contributed by atoms with van der Waals surface area (Å²) in [7, 11) is 0. The van der Waals surface area contributed by atoms with Crippen LogP contribution in [-0.4, -0.2) is 19.7 Å².